The van der Waals surface area contributed by atoms with E-state index in [0.717, 1.165) is 32.1 Å². The minimum atomic E-state index is -0.0767. The third-order valence-corrected chi connectivity index (χ3v) is 3.08. The molecule has 1 saturated carbocycles. The van der Waals surface area contributed by atoms with Crippen molar-refractivity contribution in [3.63, 3.8) is 0 Å². The van der Waals surface area contributed by atoms with Crippen LogP contribution in [0.3, 0.4) is 0 Å². The fourth-order valence-electron chi connectivity index (χ4n) is 2.33. The number of hydrogen-bond donors (Lipinski definition) is 0. The SMILES string of the molecule is COC1CCC2C(=O)CCCC2O1. The molecule has 1 aliphatic carbocycles. The number of hydrogen-bond acceptors (Lipinski definition) is 3. The minimum absolute atomic E-state index is 0.0767. The van der Waals surface area contributed by atoms with Crippen LogP contribution in [0.4, 0.5) is 0 Å². The lowest BCUT2D eigenvalue weighted by atomic mass is 9.81. The van der Waals surface area contributed by atoms with Crippen molar-refractivity contribution in [2.75, 3.05) is 7.11 Å². The van der Waals surface area contributed by atoms with Crippen LogP contribution < -0.4 is 0 Å². The van der Waals surface area contributed by atoms with Gasteiger partial charge in [-0.05, 0) is 25.7 Å². The summed E-state index contributed by atoms with van der Waals surface area (Å²) in [5, 5.41) is 0. The molecular weight excluding hydrogens is 168 g/mol. The van der Waals surface area contributed by atoms with Gasteiger partial charge in [0, 0.05) is 19.4 Å². The van der Waals surface area contributed by atoms with E-state index in [1.807, 2.05) is 0 Å². The Morgan fingerprint density at radius 2 is 2.23 bits per heavy atom. The Morgan fingerprint density at radius 3 is 3.00 bits per heavy atom. The van der Waals surface area contributed by atoms with Crippen LogP contribution in [0.25, 0.3) is 0 Å². The standard InChI is InChI=1S/C10H16O3/c1-12-10-6-5-7-8(11)3-2-4-9(7)13-10/h7,9-10H,2-6H2,1H3. The van der Waals surface area contributed by atoms with E-state index in [9.17, 15) is 4.79 Å². The van der Waals surface area contributed by atoms with Crippen molar-refractivity contribution in [1.82, 2.24) is 0 Å². The molecule has 1 saturated heterocycles. The lowest BCUT2D eigenvalue weighted by molar-refractivity contribution is -0.203. The number of rotatable bonds is 1. The Kier molecular flexibility index (Phi) is 2.65. The molecule has 2 aliphatic rings. The second kappa shape index (κ2) is 3.76. The number of Topliss-reactive ketones (excluding diaryl/α,β-unsaturated/α-hetero) is 1. The smallest absolute Gasteiger partial charge is 0.157 e. The van der Waals surface area contributed by atoms with Gasteiger partial charge in [0.05, 0.1) is 6.10 Å². The van der Waals surface area contributed by atoms with Crippen LogP contribution in [0, 0.1) is 5.92 Å². The zero-order valence-corrected chi connectivity index (χ0v) is 7.99. The van der Waals surface area contributed by atoms with E-state index in [-0.39, 0.29) is 18.3 Å². The molecule has 0 spiro atoms. The summed E-state index contributed by atoms with van der Waals surface area (Å²) in [4.78, 5) is 11.5. The summed E-state index contributed by atoms with van der Waals surface area (Å²) in [5.74, 6) is 0.561. The highest BCUT2D eigenvalue weighted by Crippen LogP contribution is 2.33. The number of methoxy groups -OCH3 is 1. The zero-order valence-electron chi connectivity index (χ0n) is 7.99. The van der Waals surface area contributed by atoms with Crippen LogP contribution in [0.2, 0.25) is 0 Å². The molecule has 0 aromatic rings. The van der Waals surface area contributed by atoms with Crippen molar-refractivity contribution < 1.29 is 14.3 Å². The van der Waals surface area contributed by atoms with Crippen LogP contribution in [0.1, 0.15) is 32.1 Å². The molecule has 0 aromatic heterocycles. The van der Waals surface area contributed by atoms with Gasteiger partial charge in [0.15, 0.2) is 6.29 Å². The van der Waals surface area contributed by atoms with Gasteiger partial charge in [0.25, 0.3) is 0 Å². The van der Waals surface area contributed by atoms with E-state index < -0.39 is 0 Å². The largest absolute Gasteiger partial charge is 0.356 e. The monoisotopic (exact) mass is 184 g/mol. The number of ketones is 1. The van der Waals surface area contributed by atoms with Gasteiger partial charge < -0.3 is 9.47 Å². The van der Waals surface area contributed by atoms with Crippen molar-refractivity contribution in [3.8, 4) is 0 Å². The van der Waals surface area contributed by atoms with Crippen LogP contribution in [-0.4, -0.2) is 25.3 Å². The van der Waals surface area contributed by atoms with Gasteiger partial charge in [0.2, 0.25) is 0 Å². The zero-order chi connectivity index (χ0) is 9.26. The van der Waals surface area contributed by atoms with Gasteiger partial charge in [-0.2, -0.15) is 0 Å². The average molecular weight is 184 g/mol. The number of carbonyl (C=O) groups excluding carboxylic acids is 1. The van der Waals surface area contributed by atoms with Crippen LogP contribution in [-0.2, 0) is 14.3 Å². The minimum Gasteiger partial charge on any atom is -0.356 e. The van der Waals surface area contributed by atoms with Gasteiger partial charge in [-0.15, -0.1) is 0 Å². The molecule has 2 fully saturated rings. The second-order valence-corrected chi connectivity index (χ2v) is 3.88. The Balaban J connectivity index is 1.99. The van der Waals surface area contributed by atoms with Crippen molar-refractivity contribution in [1.29, 1.82) is 0 Å². The first-order chi connectivity index (χ1) is 6.31. The van der Waals surface area contributed by atoms with Gasteiger partial charge in [-0.3, -0.25) is 4.79 Å². The molecular formula is C10H16O3. The Bertz CT molecular complexity index is 202. The normalized spacial score (nSPS) is 40.1. The van der Waals surface area contributed by atoms with E-state index in [4.69, 9.17) is 9.47 Å². The van der Waals surface area contributed by atoms with Gasteiger partial charge >= 0.3 is 0 Å². The maximum atomic E-state index is 11.5. The third-order valence-electron chi connectivity index (χ3n) is 3.08. The summed E-state index contributed by atoms with van der Waals surface area (Å²) in [7, 11) is 1.66. The highest BCUT2D eigenvalue weighted by molar-refractivity contribution is 5.82. The lowest BCUT2D eigenvalue weighted by Gasteiger charge is -2.37. The van der Waals surface area contributed by atoms with E-state index >= 15 is 0 Å². The van der Waals surface area contributed by atoms with E-state index in [2.05, 4.69) is 0 Å². The number of carbonyl (C=O) groups is 1. The van der Waals surface area contributed by atoms with E-state index in [0.29, 0.717) is 5.78 Å². The molecule has 1 aliphatic heterocycles. The van der Waals surface area contributed by atoms with Crippen LogP contribution >= 0.6 is 0 Å². The molecule has 0 bridgehead atoms. The Hall–Kier alpha value is -0.410. The molecule has 0 radical (unpaired) electrons. The molecule has 2 rings (SSSR count). The summed E-state index contributed by atoms with van der Waals surface area (Å²) in [6.07, 6.45) is 4.63. The topological polar surface area (TPSA) is 35.5 Å². The molecule has 13 heavy (non-hydrogen) atoms. The molecule has 74 valence electrons. The first kappa shape index (κ1) is 9.16. The van der Waals surface area contributed by atoms with Crippen molar-refractivity contribution >= 4 is 5.78 Å². The molecule has 0 N–H and O–H groups in total. The first-order valence-corrected chi connectivity index (χ1v) is 5.02. The maximum absolute atomic E-state index is 11.5. The average Bonchev–Trinajstić information content (AvgIpc) is 2.18. The molecule has 0 amide bonds. The number of fused-ring (bicyclic) bond motifs is 1. The third kappa shape index (κ3) is 1.76. The summed E-state index contributed by atoms with van der Waals surface area (Å²) in [5.41, 5.74) is 0. The summed E-state index contributed by atoms with van der Waals surface area (Å²) < 4.78 is 10.8. The van der Waals surface area contributed by atoms with Gasteiger partial charge in [0.1, 0.15) is 5.78 Å². The fraction of sp³-hybridized carbons (Fsp3) is 0.900. The summed E-state index contributed by atoms with van der Waals surface area (Å²) >= 11 is 0. The number of ether oxygens (including phenoxy) is 2. The lowest BCUT2D eigenvalue weighted by Crippen LogP contribution is -2.42. The summed E-state index contributed by atoms with van der Waals surface area (Å²) in [6.45, 7) is 0. The van der Waals surface area contributed by atoms with Crippen LogP contribution in [0.5, 0.6) is 0 Å². The van der Waals surface area contributed by atoms with Crippen LogP contribution in [0.15, 0.2) is 0 Å². The summed E-state index contributed by atoms with van der Waals surface area (Å²) in [6, 6.07) is 0. The van der Waals surface area contributed by atoms with Gasteiger partial charge in [-0.1, -0.05) is 0 Å². The molecule has 3 atom stereocenters. The van der Waals surface area contributed by atoms with Gasteiger partial charge in [-0.25, -0.2) is 0 Å². The first-order valence-electron chi connectivity index (χ1n) is 5.02. The highest BCUT2D eigenvalue weighted by atomic mass is 16.7. The van der Waals surface area contributed by atoms with Crippen molar-refractivity contribution in [2.45, 2.75) is 44.5 Å². The highest BCUT2D eigenvalue weighted by Gasteiger charge is 2.37. The predicted molar refractivity (Wildman–Crippen MR) is 47.3 cm³/mol. The van der Waals surface area contributed by atoms with E-state index in [1.54, 1.807) is 7.11 Å². The Labute approximate surface area is 78.4 Å². The quantitative estimate of drug-likeness (QED) is 0.619. The van der Waals surface area contributed by atoms with Crippen molar-refractivity contribution in [3.05, 3.63) is 0 Å². The maximum Gasteiger partial charge on any atom is 0.157 e. The van der Waals surface area contributed by atoms with E-state index in [1.165, 1.54) is 0 Å². The molecule has 0 aromatic carbocycles. The molecule has 1 heterocycles. The Morgan fingerprint density at radius 1 is 1.38 bits per heavy atom. The fourth-order valence-corrected chi connectivity index (χ4v) is 2.33. The van der Waals surface area contributed by atoms with Crippen molar-refractivity contribution in [2.24, 2.45) is 5.92 Å². The molecule has 3 unspecified atom stereocenters. The predicted octanol–water partition coefficient (Wildman–Crippen LogP) is 1.51. The molecule has 3 heteroatoms. The second-order valence-electron chi connectivity index (χ2n) is 3.88. The molecule has 3 nitrogen and oxygen atoms in total.